The summed E-state index contributed by atoms with van der Waals surface area (Å²) in [6.07, 6.45) is 13.5. The van der Waals surface area contributed by atoms with E-state index in [0.717, 1.165) is 42.1 Å². The van der Waals surface area contributed by atoms with Crippen molar-refractivity contribution in [1.29, 1.82) is 0 Å². The lowest BCUT2D eigenvalue weighted by Crippen LogP contribution is -2.13. The van der Waals surface area contributed by atoms with Crippen LogP contribution in [-0.4, -0.2) is 18.1 Å². The van der Waals surface area contributed by atoms with Gasteiger partial charge in [-0.1, -0.05) is 97.1 Å². The predicted molar refractivity (Wildman–Crippen MR) is 102 cm³/mol. The first-order chi connectivity index (χ1) is 9.09. The predicted octanol–water partition coefficient (Wildman–Crippen LogP) is 4.89. The van der Waals surface area contributed by atoms with E-state index in [9.17, 15) is 0 Å². The molecule has 0 spiro atoms. The molecule has 0 fully saturated rings. The molecule has 19 heavy (non-hydrogen) atoms. The van der Waals surface area contributed by atoms with Crippen LogP contribution >= 0.6 is 60.6 Å². The van der Waals surface area contributed by atoms with Crippen molar-refractivity contribution in [2.45, 2.75) is 12.8 Å². The standard InChI is InChI=1S/C14H10S5/c15-11-7-3-1-5-9(11)13(17)19-14(18)10-6-2-4-8-12(10)16/h1-6H,7-8H2. The van der Waals surface area contributed by atoms with Crippen LogP contribution < -0.4 is 0 Å². The Morgan fingerprint density at radius 1 is 0.842 bits per heavy atom. The highest BCUT2D eigenvalue weighted by Gasteiger charge is 2.18. The minimum atomic E-state index is 0.734. The lowest BCUT2D eigenvalue weighted by atomic mass is 10.1. The summed E-state index contributed by atoms with van der Waals surface area (Å²) < 4.78 is 1.47. The van der Waals surface area contributed by atoms with Gasteiger partial charge in [-0.25, -0.2) is 0 Å². The van der Waals surface area contributed by atoms with E-state index in [1.807, 2.05) is 36.5 Å². The Balaban J connectivity index is 2.09. The Labute approximate surface area is 138 Å². The van der Waals surface area contributed by atoms with E-state index in [0.29, 0.717) is 0 Å². The maximum atomic E-state index is 5.43. The van der Waals surface area contributed by atoms with Gasteiger partial charge in [0.05, 0.1) is 8.39 Å². The maximum Gasteiger partial charge on any atom is 0.0845 e. The van der Waals surface area contributed by atoms with Crippen LogP contribution in [0.4, 0.5) is 0 Å². The van der Waals surface area contributed by atoms with Gasteiger partial charge in [-0.3, -0.25) is 0 Å². The molecule has 0 aromatic rings. The zero-order valence-electron chi connectivity index (χ0n) is 9.92. The highest BCUT2D eigenvalue weighted by molar-refractivity contribution is 8.39. The minimum Gasteiger partial charge on any atom is -0.0839 e. The molecule has 2 rings (SSSR count). The molecule has 0 amide bonds. The molecule has 2 aliphatic rings. The second-order valence-electron chi connectivity index (χ2n) is 3.95. The zero-order valence-corrected chi connectivity index (χ0v) is 14.0. The molecule has 0 N–H and O–H groups in total. The summed E-state index contributed by atoms with van der Waals surface area (Å²) in [6.45, 7) is 0. The van der Waals surface area contributed by atoms with Gasteiger partial charge in [0.2, 0.25) is 0 Å². The molecular formula is C14H10S5. The topological polar surface area (TPSA) is 0 Å². The van der Waals surface area contributed by atoms with Crippen molar-refractivity contribution in [3.8, 4) is 0 Å². The summed E-state index contributed by atoms with van der Waals surface area (Å²) >= 11 is 22.9. The van der Waals surface area contributed by atoms with Crippen LogP contribution in [-0.2, 0) is 0 Å². The molecular weight excluding hydrogens is 328 g/mol. The molecule has 2 aliphatic carbocycles. The van der Waals surface area contributed by atoms with Crippen molar-refractivity contribution in [3.05, 3.63) is 47.6 Å². The monoisotopic (exact) mass is 338 g/mol. The third kappa shape index (κ3) is 3.83. The van der Waals surface area contributed by atoms with Crippen molar-refractivity contribution in [2.24, 2.45) is 0 Å². The summed E-state index contributed by atoms with van der Waals surface area (Å²) in [5.74, 6) is 0. The van der Waals surface area contributed by atoms with E-state index in [1.54, 1.807) is 0 Å². The first-order valence-corrected chi connectivity index (χ1v) is 8.11. The molecule has 0 bridgehead atoms. The fourth-order valence-electron chi connectivity index (χ4n) is 1.64. The minimum absolute atomic E-state index is 0.734. The number of thiocarbonyl (C=S) groups is 4. The molecule has 0 unspecified atom stereocenters. The number of thioether (sulfide) groups is 1. The van der Waals surface area contributed by atoms with Crippen molar-refractivity contribution in [3.63, 3.8) is 0 Å². The van der Waals surface area contributed by atoms with Crippen LogP contribution in [0.5, 0.6) is 0 Å². The molecule has 0 heterocycles. The van der Waals surface area contributed by atoms with E-state index >= 15 is 0 Å². The Morgan fingerprint density at radius 2 is 1.26 bits per heavy atom. The summed E-state index contributed by atoms with van der Waals surface area (Å²) in [5.41, 5.74) is 1.88. The van der Waals surface area contributed by atoms with Gasteiger partial charge in [0.15, 0.2) is 0 Å². The van der Waals surface area contributed by atoms with E-state index in [1.165, 1.54) is 11.8 Å². The van der Waals surface area contributed by atoms with Gasteiger partial charge in [0.25, 0.3) is 0 Å². The SMILES string of the molecule is S=C1CC=CC=C1C(=S)SC(=S)C1=CC=CCC1=S. The number of rotatable bonds is 2. The van der Waals surface area contributed by atoms with Crippen LogP contribution in [0.3, 0.4) is 0 Å². The van der Waals surface area contributed by atoms with Crippen LogP contribution in [0.2, 0.25) is 0 Å². The molecule has 0 saturated carbocycles. The van der Waals surface area contributed by atoms with Crippen LogP contribution in [0, 0.1) is 0 Å². The smallest absolute Gasteiger partial charge is 0.0839 e. The average molecular weight is 339 g/mol. The van der Waals surface area contributed by atoms with Crippen LogP contribution in [0.25, 0.3) is 0 Å². The number of hydrogen-bond donors (Lipinski definition) is 0. The Bertz CT molecular complexity index is 535. The van der Waals surface area contributed by atoms with Gasteiger partial charge in [0, 0.05) is 33.7 Å². The van der Waals surface area contributed by atoms with Crippen molar-refractivity contribution >= 4 is 78.8 Å². The zero-order chi connectivity index (χ0) is 13.8. The van der Waals surface area contributed by atoms with Crippen LogP contribution in [0.15, 0.2) is 47.6 Å². The van der Waals surface area contributed by atoms with E-state index in [4.69, 9.17) is 48.9 Å². The van der Waals surface area contributed by atoms with Gasteiger partial charge in [-0.2, -0.15) is 0 Å². The third-order valence-electron chi connectivity index (χ3n) is 2.63. The lowest BCUT2D eigenvalue weighted by Gasteiger charge is -2.14. The second kappa shape index (κ2) is 6.90. The lowest BCUT2D eigenvalue weighted by molar-refractivity contribution is 1.49. The average Bonchev–Trinajstić information content (AvgIpc) is 2.39. The quantitative estimate of drug-likeness (QED) is 0.656. The molecule has 96 valence electrons. The van der Waals surface area contributed by atoms with Gasteiger partial charge in [-0.05, 0) is 0 Å². The van der Waals surface area contributed by atoms with Crippen LogP contribution in [0.1, 0.15) is 12.8 Å². The second-order valence-corrected chi connectivity index (χ2v) is 7.29. The first-order valence-electron chi connectivity index (χ1n) is 5.66. The van der Waals surface area contributed by atoms with E-state index in [2.05, 4.69) is 0 Å². The molecule has 0 aromatic carbocycles. The highest BCUT2D eigenvalue weighted by atomic mass is 32.2. The Morgan fingerprint density at radius 3 is 1.63 bits per heavy atom. The largest absolute Gasteiger partial charge is 0.0845 e. The maximum absolute atomic E-state index is 5.43. The fourth-order valence-corrected chi connectivity index (χ4v) is 4.24. The molecule has 0 nitrogen and oxygen atoms in total. The first kappa shape index (κ1) is 15.1. The summed E-state index contributed by atoms with van der Waals surface area (Å²) in [6, 6.07) is 0. The summed E-state index contributed by atoms with van der Waals surface area (Å²) in [7, 11) is 0. The van der Waals surface area contributed by atoms with Gasteiger partial charge < -0.3 is 0 Å². The summed E-state index contributed by atoms with van der Waals surface area (Å²) in [5, 5.41) is 0. The van der Waals surface area contributed by atoms with Crippen molar-refractivity contribution in [2.75, 3.05) is 0 Å². The van der Waals surface area contributed by atoms with Gasteiger partial charge in [0.1, 0.15) is 0 Å². The Hall–Kier alpha value is -0.330. The number of hydrogen-bond acceptors (Lipinski definition) is 5. The molecule has 5 heteroatoms. The van der Waals surface area contributed by atoms with E-state index < -0.39 is 0 Å². The number of allylic oxidation sites excluding steroid dienone is 6. The van der Waals surface area contributed by atoms with E-state index in [-0.39, 0.29) is 0 Å². The molecule has 0 radical (unpaired) electrons. The Kier molecular flexibility index (Phi) is 5.47. The van der Waals surface area contributed by atoms with Crippen molar-refractivity contribution < 1.29 is 0 Å². The summed E-state index contributed by atoms with van der Waals surface area (Å²) in [4.78, 5) is 1.76. The molecule has 0 aliphatic heterocycles. The van der Waals surface area contributed by atoms with Crippen molar-refractivity contribution in [1.82, 2.24) is 0 Å². The third-order valence-corrected chi connectivity index (χ3v) is 5.15. The highest BCUT2D eigenvalue weighted by Crippen LogP contribution is 2.26. The fraction of sp³-hybridized carbons (Fsp3) is 0.143. The van der Waals surface area contributed by atoms with Gasteiger partial charge in [-0.15, -0.1) is 0 Å². The molecule has 0 saturated heterocycles. The van der Waals surface area contributed by atoms with Gasteiger partial charge >= 0.3 is 0 Å². The molecule has 0 aromatic heterocycles. The normalized spacial score (nSPS) is 18.1. The molecule has 0 atom stereocenters.